The second kappa shape index (κ2) is 9.61. The summed E-state index contributed by atoms with van der Waals surface area (Å²) >= 11 is 0. The van der Waals surface area contributed by atoms with E-state index in [1.807, 2.05) is 13.1 Å². The fraction of sp³-hybridized carbons (Fsp3) is 0.360. The molecule has 28 heavy (non-hydrogen) atoms. The van der Waals surface area contributed by atoms with Crippen molar-refractivity contribution in [1.82, 2.24) is 0 Å². The smallest absolute Gasteiger partial charge is 0.0606 e. The lowest BCUT2D eigenvalue weighted by Crippen LogP contribution is -2.26. The Balaban J connectivity index is 2.24. The first kappa shape index (κ1) is 21.8. The number of para-hydroxylation sites is 1. The lowest BCUT2D eigenvalue weighted by molar-refractivity contribution is 0.302. The maximum absolute atomic E-state index is 9.24. The molecule has 150 valence electrons. The molecular formula is C25H34N2O. The Morgan fingerprint density at radius 2 is 1.93 bits per heavy atom. The fourth-order valence-electron chi connectivity index (χ4n) is 3.45. The van der Waals surface area contributed by atoms with Gasteiger partial charge in [0.25, 0.3) is 0 Å². The van der Waals surface area contributed by atoms with Crippen LogP contribution in [0.2, 0.25) is 0 Å². The van der Waals surface area contributed by atoms with E-state index in [1.165, 1.54) is 16.7 Å². The van der Waals surface area contributed by atoms with Crippen LogP contribution >= 0.6 is 0 Å². The average molecular weight is 379 g/mol. The molecule has 0 aromatic heterocycles. The van der Waals surface area contributed by atoms with E-state index in [4.69, 9.17) is 0 Å². The summed E-state index contributed by atoms with van der Waals surface area (Å²) in [4.78, 5) is 2.18. The molecule has 2 aromatic rings. The SMILES string of the molecule is C=C(C=Cc1ccc(N(CC)CCO)cc1C)C(C)(C)c1ccccc1NC. The highest BCUT2D eigenvalue weighted by Crippen LogP contribution is 2.36. The summed E-state index contributed by atoms with van der Waals surface area (Å²) in [7, 11) is 1.95. The van der Waals surface area contributed by atoms with Crippen molar-refractivity contribution >= 4 is 17.5 Å². The Morgan fingerprint density at radius 3 is 2.54 bits per heavy atom. The predicted octanol–water partition coefficient (Wildman–Crippen LogP) is 5.40. The quantitative estimate of drug-likeness (QED) is 0.573. The fourth-order valence-corrected chi connectivity index (χ4v) is 3.45. The van der Waals surface area contributed by atoms with E-state index >= 15 is 0 Å². The molecule has 0 bridgehead atoms. The first-order valence-corrected chi connectivity index (χ1v) is 9.96. The van der Waals surface area contributed by atoms with Gasteiger partial charge in [-0.1, -0.05) is 56.8 Å². The first-order valence-electron chi connectivity index (χ1n) is 9.96. The van der Waals surface area contributed by atoms with Crippen molar-refractivity contribution in [3.63, 3.8) is 0 Å². The number of nitrogens with zero attached hydrogens (tertiary/aromatic N) is 1. The first-order chi connectivity index (χ1) is 13.3. The van der Waals surface area contributed by atoms with Gasteiger partial charge in [0.15, 0.2) is 0 Å². The molecule has 0 fully saturated rings. The highest BCUT2D eigenvalue weighted by Gasteiger charge is 2.25. The summed E-state index contributed by atoms with van der Waals surface area (Å²) in [6.07, 6.45) is 4.27. The predicted molar refractivity (Wildman–Crippen MR) is 123 cm³/mol. The Bertz CT molecular complexity index is 836. The van der Waals surface area contributed by atoms with Gasteiger partial charge in [0.1, 0.15) is 0 Å². The summed E-state index contributed by atoms with van der Waals surface area (Å²) in [6, 6.07) is 14.8. The summed E-state index contributed by atoms with van der Waals surface area (Å²) in [5.74, 6) is 0. The van der Waals surface area contributed by atoms with Gasteiger partial charge in [-0.2, -0.15) is 0 Å². The molecule has 0 spiro atoms. The monoisotopic (exact) mass is 378 g/mol. The van der Waals surface area contributed by atoms with Crippen molar-refractivity contribution in [1.29, 1.82) is 0 Å². The van der Waals surface area contributed by atoms with Gasteiger partial charge < -0.3 is 15.3 Å². The number of allylic oxidation sites excluding steroid dienone is 2. The van der Waals surface area contributed by atoms with Crippen molar-refractivity contribution in [2.75, 3.05) is 37.0 Å². The van der Waals surface area contributed by atoms with Crippen LogP contribution in [0.1, 0.15) is 37.5 Å². The molecule has 0 amide bonds. The van der Waals surface area contributed by atoms with E-state index in [-0.39, 0.29) is 12.0 Å². The molecule has 0 aliphatic carbocycles. The van der Waals surface area contributed by atoms with Gasteiger partial charge in [-0.15, -0.1) is 0 Å². The van der Waals surface area contributed by atoms with Crippen LogP contribution in [0.25, 0.3) is 6.08 Å². The van der Waals surface area contributed by atoms with Crippen LogP contribution in [0.15, 0.2) is 60.7 Å². The van der Waals surface area contributed by atoms with Crippen LogP contribution in [0.3, 0.4) is 0 Å². The number of rotatable bonds is 9. The molecule has 0 heterocycles. The summed E-state index contributed by atoms with van der Waals surface area (Å²) < 4.78 is 0. The molecule has 3 nitrogen and oxygen atoms in total. The molecule has 2 rings (SSSR count). The Hall–Kier alpha value is -2.52. The van der Waals surface area contributed by atoms with Crippen LogP contribution in [0.5, 0.6) is 0 Å². The van der Waals surface area contributed by atoms with Gasteiger partial charge in [-0.25, -0.2) is 0 Å². The molecule has 0 aliphatic rings. The minimum Gasteiger partial charge on any atom is -0.395 e. The Labute approximate surface area is 170 Å². The molecule has 0 saturated carbocycles. The Kier molecular flexibility index (Phi) is 7.47. The third-order valence-corrected chi connectivity index (χ3v) is 5.51. The lowest BCUT2D eigenvalue weighted by atomic mass is 9.77. The second-order valence-electron chi connectivity index (χ2n) is 7.62. The third-order valence-electron chi connectivity index (χ3n) is 5.51. The number of aliphatic hydroxyl groups excluding tert-OH is 1. The summed E-state index contributed by atoms with van der Waals surface area (Å²) in [6.45, 7) is 14.7. The third kappa shape index (κ3) is 4.85. The normalized spacial score (nSPS) is 11.6. The molecular weight excluding hydrogens is 344 g/mol. The molecule has 0 atom stereocenters. The van der Waals surface area contributed by atoms with Gasteiger partial charge in [0, 0.05) is 36.9 Å². The van der Waals surface area contributed by atoms with Crippen LogP contribution in [-0.2, 0) is 5.41 Å². The molecule has 2 N–H and O–H groups in total. The van der Waals surface area contributed by atoms with Gasteiger partial charge in [0.05, 0.1) is 6.61 Å². The number of benzene rings is 2. The van der Waals surface area contributed by atoms with Crippen molar-refractivity contribution in [3.8, 4) is 0 Å². The molecule has 0 radical (unpaired) electrons. The van der Waals surface area contributed by atoms with E-state index in [9.17, 15) is 5.11 Å². The highest BCUT2D eigenvalue weighted by molar-refractivity contribution is 5.64. The van der Waals surface area contributed by atoms with E-state index < -0.39 is 0 Å². The van der Waals surface area contributed by atoms with Gasteiger partial charge in [-0.3, -0.25) is 0 Å². The zero-order valence-electron chi connectivity index (χ0n) is 17.9. The summed E-state index contributed by atoms with van der Waals surface area (Å²) in [5.41, 5.74) is 6.80. The molecule has 2 aromatic carbocycles. The van der Waals surface area contributed by atoms with Crippen LogP contribution in [-0.4, -0.2) is 31.9 Å². The van der Waals surface area contributed by atoms with E-state index in [2.05, 4.69) is 93.0 Å². The van der Waals surface area contributed by atoms with Gasteiger partial charge in [-0.05, 0) is 54.3 Å². The topological polar surface area (TPSA) is 35.5 Å². The average Bonchev–Trinajstić information content (AvgIpc) is 2.70. The van der Waals surface area contributed by atoms with Crippen molar-refractivity contribution in [2.45, 2.75) is 33.1 Å². The van der Waals surface area contributed by atoms with Crippen molar-refractivity contribution in [2.24, 2.45) is 0 Å². The number of nitrogens with one attached hydrogen (secondary N) is 1. The number of aryl methyl sites for hydroxylation is 1. The maximum atomic E-state index is 9.24. The summed E-state index contributed by atoms with van der Waals surface area (Å²) in [5, 5.41) is 12.5. The number of aliphatic hydroxyl groups is 1. The lowest BCUT2D eigenvalue weighted by Gasteiger charge is -2.28. The largest absolute Gasteiger partial charge is 0.395 e. The Morgan fingerprint density at radius 1 is 1.21 bits per heavy atom. The highest BCUT2D eigenvalue weighted by atomic mass is 16.3. The van der Waals surface area contributed by atoms with E-state index in [1.54, 1.807) is 0 Å². The number of hydrogen-bond donors (Lipinski definition) is 2. The van der Waals surface area contributed by atoms with Gasteiger partial charge in [0.2, 0.25) is 0 Å². The second-order valence-corrected chi connectivity index (χ2v) is 7.62. The van der Waals surface area contributed by atoms with Crippen LogP contribution in [0.4, 0.5) is 11.4 Å². The zero-order chi connectivity index (χ0) is 20.7. The minimum absolute atomic E-state index is 0.164. The van der Waals surface area contributed by atoms with E-state index in [0.717, 1.165) is 23.5 Å². The van der Waals surface area contributed by atoms with Crippen LogP contribution in [0, 0.1) is 6.92 Å². The molecule has 0 saturated heterocycles. The standard InChI is InChI=1S/C25H34N2O/c1-7-27(16-17-28)22-15-14-21(19(2)18-22)13-12-20(3)25(4,5)23-10-8-9-11-24(23)26-6/h8-15,18,26,28H,3,7,16-17H2,1-2,4-6H3. The number of anilines is 2. The molecule has 0 aliphatic heterocycles. The van der Waals surface area contributed by atoms with Crippen LogP contribution < -0.4 is 10.2 Å². The van der Waals surface area contributed by atoms with Gasteiger partial charge >= 0.3 is 0 Å². The van der Waals surface area contributed by atoms with Crippen molar-refractivity contribution < 1.29 is 5.11 Å². The number of hydrogen-bond acceptors (Lipinski definition) is 3. The number of likely N-dealkylation sites (N-methyl/N-ethyl adjacent to an activating group) is 1. The minimum atomic E-state index is -0.177. The molecule has 0 unspecified atom stereocenters. The van der Waals surface area contributed by atoms with E-state index in [0.29, 0.717) is 6.54 Å². The molecule has 3 heteroatoms. The maximum Gasteiger partial charge on any atom is 0.0606 e. The van der Waals surface area contributed by atoms with Crippen molar-refractivity contribution in [3.05, 3.63) is 77.4 Å². The zero-order valence-corrected chi connectivity index (χ0v) is 17.9.